The van der Waals surface area contributed by atoms with E-state index >= 15 is 0 Å². The Labute approximate surface area is 148 Å². The topological polar surface area (TPSA) is 67.2 Å². The second-order valence-corrected chi connectivity index (χ2v) is 6.66. The molecule has 1 aliphatic rings. The van der Waals surface area contributed by atoms with Gasteiger partial charge in [-0.3, -0.25) is 4.79 Å². The summed E-state index contributed by atoms with van der Waals surface area (Å²) in [7, 11) is 1.87. The number of carbonyl (C=O) groups excluding carboxylic acids is 1. The standard InChI is InChI=1S/C18H26N6O/c1-22(12-13-23-10-6-3-7-11-23)18(25)17(24-15-19-20-21-24)14-16-8-4-2-5-9-16/h2,4-5,8-9,15,17H,3,6-7,10-14H2,1H3. The number of carbonyl (C=O) groups is 1. The molecule has 0 saturated carbocycles. The molecule has 2 aromatic rings. The molecule has 1 atom stereocenters. The van der Waals surface area contributed by atoms with E-state index in [1.54, 1.807) is 4.68 Å². The van der Waals surface area contributed by atoms with Crippen molar-refractivity contribution in [2.24, 2.45) is 0 Å². The first-order chi connectivity index (χ1) is 12.2. The summed E-state index contributed by atoms with van der Waals surface area (Å²) in [6.45, 7) is 3.94. The summed E-state index contributed by atoms with van der Waals surface area (Å²) in [6.07, 6.45) is 5.95. The highest BCUT2D eigenvalue weighted by Gasteiger charge is 2.25. The predicted octanol–water partition coefficient (Wildman–Crippen LogP) is 1.40. The molecule has 7 nitrogen and oxygen atoms in total. The number of rotatable bonds is 7. The zero-order valence-corrected chi connectivity index (χ0v) is 14.8. The number of tetrazole rings is 1. The Morgan fingerprint density at radius 2 is 1.96 bits per heavy atom. The normalized spacial score (nSPS) is 16.5. The fourth-order valence-corrected chi connectivity index (χ4v) is 3.28. The average molecular weight is 342 g/mol. The minimum absolute atomic E-state index is 0.0492. The molecule has 134 valence electrons. The maximum Gasteiger partial charge on any atom is 0.247 e. The van der Waals surface area contributed by atoms with Crippen LogP contribution in [0.2, 0.25) is 0 Å². The van der Waals surface area contributed by atoms with Crippen molar-refractivity contribution in [3.8, 4) is 0 Å². The fraction of sp³-hybridized carbons (Fsp3) is 0.556. The summed E-state index contributed by atoms with van der Waals surface area (Å²) >= 11 is 0. The highest BCUT2D eigenvalue weighted by molar-refractivity contribution is 5.80. The molecule has 7 heteroatoms. The molecule has 25 heavy (non-hydrogen) atoms. The van der Waals surface area contributed by atoms with E-state index in [-0.39, 0.29) is 5.91 Å². The maximum atomic E-state index is 13.0. The number of piperidine rings is 1. The van der Waals surface area contributed by atoms with Gasteiger partial charge in [0.15, 0.2) is 0 Å². The number of likely N-dealkylation sites (tertiary alicyclic amines) is 1. The zero-order valence-electron chi connectivity index (χ0n) is 14.8. The van der Waals surface area contributed by atoms with Crippen molar-refractivity contribution in [2.45, 2.75) is 31.7 Å². The highest BCUT2D eigenvalue weighted by Crippen LogP contribution is 2.16. The number of hydrogen-bond acceptors (Lipinski definition) is 5. The van der Waals surface area contributed by atoms with Crippen LogP contribution in [0.4, 0.5) is 0 Å². The smallest absolute Gasteiger partial charge is 0.247 e. The molecule has 3 rings (SSSR count). The van der Waals surface area contributed by atoms with Crippen molar-refractivity contribution in [2.75, 3.05) is 33.2 Å². The van der Waals surface area contributed by atoms with Gasteiger partial charge in [0, 0.05) is 26.6 Å². The average Bonchev–Trinajstić information content (AvgIpc) is 3.20. The fourth-order valence-electron chi connectivity index (χ4n) is 3.28. The Morgan fingerprint density at radius 1 is 1.20 bits per heavy atom. The second-order valence-electron chi connectivity index (χ2n) is 6.66. The molecule has 0 radical (unpaired) electrons. The zero-order chi connectivity index (χ0) is 17.5. The lowest BCUT2D eigenvalue weighted by molar-refractivity contribution is -0.134. The number of amides is 1. The molecule has 1 fully saturated rings. The number of benzene rings is 1. The molecular formula is C18H26N6O. The van der Waals surface area contributed by atoms with Crippen LogP contribution in [0.3, 0.4) is 0 Å². The van der Waals surface area contributed by atoms with Gasteiger partial charge >= 0.3 is 0 Å². The second kappa shape index (κ2) is 8.71. The number of aromatic nitrogens is 4. The summed E-state index contributed by atoms with van der Waals surface area (Å²) in [4.78, 5) is 17.3. The third-order valence-corrected chi connectivity index (χ3v) is 4.82. The van der Waals surface area contributed by atoms with E-state index < -0.39 is 6.04 Å². The molecule has 0 N–H and O–H groups in total. The van der Waals surface area contributed by atoms with Crippen LogP contribution in [0.25, 0.3) is 0 Å². The van der Waals surface area contributed by atoms with Gasteiger partial charge in [0.05, 0.1) is 0 Å². The van der Waals surface area contributed by atoms with Gasteiger partial charge in [0.25, 0.3) is 0 Å². The first-order valence-corrected chi connectivity index (χ1v) is 8.98. The van der Waals surface area contributed by atoms with E-state index in [2.05, 4.69) is 20.4 Å². The van der Waals surface area contributed by atoms with Crippen LogP contribution in [-0.4, -0.2) is 69.1 Å². The molecule has 1 amide bonds. The minimum atomic E-state index is -0.413. The summed E-state index contributed by atoms with van der Waals surface area (Å²) in [6, 6.07) is 9.58. The van der Waals surface area contributed by atoms with Gasteiger partial charge in [0.2, 0.25) is 5.91 Å². The molecule has 0 aliphatic carbocycles. The van der Waals surface area contributed by atoms with Crippen molar-refractivity contribution in [1.82, 2.24) is 30.0 Å². The molecule has 1 aromatic heterocycles. The van der Waals surface area contributed by atoms with E-state index in [0.717, 1.165) is 31.7 Å². The molecule has 1 aliphatic heterocycles. The van der Waals surface area contributed by atoms with Crippen LogP contribution in [0.5, 0.6) is 0 Å². The van der Waals surface area contributed by atoms with Crippen LogP contribution in [0.15, 0.2) is 36.7 Å². The monoisotopic (exact) mass is 342 g/mol. The molecule has 2 heterocycles. The van der Waals surface area contributed by atoms with Gasteiger partial charge in [-0.05, 0) is 41.9 Å². The Hall–Kier alpha value is -2.28. The lowest BCUT2D eigenvalue weighted by atomic mass is 10.1. The lowest BCUT2D eigenvalue weighted by Gasteiger charge is -2.29. The molecular weight excluding hydrogens is 316 g/mol. The van der Waals surface area contributed by atoms with Crippen LogP contribution >= 0.6 is 0 Å². The Balaban J connectivity index is 1.63. The molecule has 0 bridgehead atoms. The molecule has 1 unspecified atom stereocenters. The molecule has 1 aromatic carbocycles. The summed E-state index contributed by atoms with van der Waals surface area (Å²) in [5.41, 5.74) is 1.10. The lowest BCUT2D eigenvalue weighted by Crippen LogP contribution is -2.41. The first kappa shape index (κ1) is 17.5. The van der Waals surface area contributed by atoms with E-state index in [9.17, 15) is 4.79 Å². The van der Waals surface area contributed by atoms with Crippen molar-refractivity contribution >= 4 is 5.91 Å². The van der Waals surface area contributed by atoms with Gasteiger partial charge in [-0.1, -0.05) is 36.8 Å². The van der Waals surface area contributed by atoms with Gasteiger partial charge < -0.3 is 9.80 Å². The van der Waals surface area contributed by atoms with Crippen LogP contribution in [-0.2, 0) is 11.2 Å². The summed E-state index contributed by atoms with van der Waals surface area (Å²) < 4.78 is 1.56. The highest BCUT2D eigenvalue weighted by atomic mass is 16.2. The molecule has 0 spiro atoms. The van der Waals surface area contributed by atoms with E-state index in [4.69, 9.17) is 0 Å². The maximum absolute atomic E-state index is 13.0. The van der Waals surface area contributed by atoms with Gasteiger partial charge in [-0.25, -0.2) is 4.68 Å². The number of likely N-dealkylation sites (N-methyl/N-ethyl adjacent to an activating group) is 1. The van der Waals surface area contributed by atoms with E-state index in [1.165, 1.54) is 25.6 Å². The minimum Gasteiger partial charge on any atom is -0.343 e. The quantitative estimate of drug-likeness (QED) is 0.761. The largest absolute Gasteiger partial charge is 0.343 e. The van der Waals surface area contributed by atoms with Crippen molar-refractivity contribution in [3.05, 3.63) is 42.2 Å². The van der Waals surface area contributed by atoms with Crippen LogP contribution in [0.1, 0.15) is 30.9 Å². The SMILES string of the molecule is CN(CCN1CCCCC1)C(=O)C(Cc1ccccc1)n1cnnn1. The summed E-state index contributed by atoms with van der Waals surface area (Å²) in [5, 5.41) is 11.4. The number of nitrogens with zero attached hydrogens (tertiary/aromatic N) is 6. The predicted molar refractivity (Wildman–Crippen MR) is 94.9 cm³/mol. The summed E-state index contributed by atoms with van der Waals surface area (Å²) in [5.74, 6) is 0.0492. The van der Waals surface area contributed by atoms with Crippen molar-refractivity contribution < 1.29 is 4.79 Å². The third kappa shape index (κ3) is 4.85. The Morgan fingerprint density at radius 3 is 2.64 bits per heavy atom. The van der Waals surface area contributed by atoms with Gasteiger partial charge in [-0.2, -0.15) is 0 Å². The van der Waals surface area contributed by atoms with Crippen LogP contribution < -0.4 is 0 Å². The Kier molecular flexibility index (Phi) is 6.11. The van der Waals surface area contributed by atoms with E-state index in [0.29, 0.717) is 6.42 Å². The van der Waals surface area contributed by atoms with Gasteiger partial charge in [-0.15, -0.1) is 5.10 Å². The number of hydrogen-bond donors (Lipinski definition) is 0. The first-order valence-electron chi connectivity index (χ1n) is 8.98. The van der Waals surface area contributed by atoms with Crippen molar-refractivity contribution in [3.63, 3.8) is 0 Å². The van der Waals surface area contributed by atoms with Crippen molar-refractivity contribution in [1.29, 1.82) is 0 Å². The molecule has 1 saturated heterocycles. The van der Waals surface area contributed by atoms with E-state index in [1.807, 2.05) is 42.3 Å². The third-order valence-electron chi connectivity index (χ3n) is 4.82. The van der Waals surface area contributed by atoms with Crippen LogP contribution in [0, 0.1) is 0 Å². The van der Waals surface area contributed by atoms with Gasteiger partial charge in [0.1, 0.15) is 12.4 Å². The Bertz CT molecular complexity index is 639.